The minimum absolute atomic E-state index is 0.662. The summed E-state index contributed by atoms with van der Waals surface area (Å²) in [4.78, 5) is 0. The Labute approximate surface area is 57.1 Å². The van der Waals surface area contributed by atoms with E-state index in [2.05, 4.69) is 32.2 Å². The molecule has 0 fully saturated rings. The van der Waals surface area contributed by atoms with Gasteiger partial charge in [0.1, 0.15) is 0 Å². The predicted octanol–water partition coefficient (Wildman–Crippen LogP) is 1.91. The smallest absolute Gasteiger partial charge is 0.0293 e. The standard InChI is InChI=1S/C8H15N/c1-4-8-5-6(2)9-7(8)3/h5,7-9H,4H2,1-3H3/t7-,8?/m1/s1. The van der Waals surface area contributed by atoms with Gasteiger partial charge in [-0.3, -0.25) is 0 Å². The van der Waals surface area contributed by atoms with E-state index < -0.39 is 0 Å². The zero-order valence-corrected chi connectivity index (χ0v) is 6.44. The molecule has 0 aromatic rings. The van der Waals surface area contributed by atoms with Gasteiger partial charge in [-0.05, 0) is 26.2 Å². The van der Waals surface area contributed by atoms with Crippen LogP contribution >= 0.6 is 0 Å². The highest BCUT2D eigenvalue weighted by molar-refractivity contribution is 5.09. The molecular weight excluding hydrogens is 110 g/mol. The molecule has 0 radical (unpaired) electrons. The highest BCUT2D eigenvalue weighted by Crippen LogP contribution is 2.18. The Hall–Kier alpha value is -0.460. The summed E-state index contributed by atoms with van der Waals surface area (Å²) in [6.45, 7) is 6.60. The van der Waals surface area contributed by atoms with Gasteiger partial charge in [-0.25, -0.2) is 0 Å². The predicted molar refractivity (Wildman–Crippen MR) is 40.1 cm³/mol. The topological polar surface area (TPSA) is 12.0 Å². The zero-order chi connectivity index (χ0) is 6.85. The van der Waals surface area contributed by atoms with Crippen molar-refractivity contribution >= 4 is 0 Å². The molecule has 9 heavy (non-hydrogen) atoms. The number of hydrogen-bond donors (Lipinski definition) is 1. The normalized spacial score (nSPS) is 33.9. The van der Waals surface area contributed by atoms with E-state index in [1.165, 1.54) is 12.1 Å². The van der Waals surface area contributed by atoms with Crippen molar-refractivity contribution in [3.8, 4) is 0 Å². The van der Waals surface area contributed by atoms with Crippen molar-refractivity contribution < 1.29 is 0 Å². The molecule has 1 heterocycles. The van der Waals surface area contributed by atoms with Crippen LogP contribution in [0.15, 0.2) is 11.8 Å². The number of rotatable bonds is 1. The van der Waals surface area contributed by atoms with Crippen LogP contribution in [-0.4, -0.2) is 6.04 Å². The van der Waals surface area contributed by atoms with Gasteiger partial charge in [0.25, 0.3) is 0 Å². The van der Waals surface area contributed by atoms with Crippen LogP contribution in [0.3, 0.4) is 0 Å². The maximum Gasteiger partial charge on any atom is 0.0293 e. The van der Waals surface area contributed by atoms with Crippen LogP contribution in [0.2, 0.25) is 0 Å². The summed E-state index contributed by atoms with van der Waals surface area (Å²) in [5, 5.41) is 3.38. The van der Waals surface area contributed by atoms with Crippen molar-refractivity contribution in [3.63, 3.8) is 0 Å². The number of hydrogen-bond acceptors (Lipinski definition) is 1. The first-order valence-corrected chi connectivity index (χ1v) is 3.69. The van der Waals surface area contributed by atoms with Crippen LogP contribution in [0.25, 0.3) is 0 Å². The molecule has 1 unspecified atom stereocenters. The summed E-state index contributed by atoms with van der Waals surface area (Å²) < 4.78 is 0. The van der Waals surface area contributed by atoms with E-state index in [1.54, 1.807) is 0 Å². The Morgan fingerprint density at radius 1 is 1.67 bits per heavy atom. The maximum absolute atomic E-state index is 3.38. The van der Waals surface area contributed by atoms with E-state index >= 15 is 0 Å². The Kier molecular flexibility index (Phi) is 1.79. The number of nitrogens with one attached hydrogen (secondary N) is 1. The molecule has 0 aromatic carbocycles. The van der Waals surface area contributed by atoms with Gasteiger partial charge in [0, 0.05) is 11.7 Å². The molecule has 1 aliphatic heterocycles. The fourth-order valence-electron chi connectivity index (χ4n) is 1.45. The highest BCUT2D eigenvalue weighted by atomic mass is 14.9. The zero-order valence-electron chi connectivity index (χ0n) is 6.44. The average molecular weight is 125 g/mol. The van der Waals surface area contributed by atoms with Gasteiger partial charge in [0.15, 0.2) is 0 Å². The third kappa shape index (κ3) is 1.26. The monoisotopic (exact) mass is 125 g/mol. The van der Waals surface area contributed by atoms with E-state index in [1.807, 2.05) is 0 Å². The summed E-state index contributed by atoms with van der Waals surface area (Å²) >= 11 is 0. The minimum atomic E-state index is 0.662. The second kappa shape index (κ2) is 2.42. The molecule has 1 nitrogen and oxygen atoms in total. The summed E-state index contributed by atoms with van der Waals surface area (Å²) in [5.74, 6) is 0.769. The van der Waals surface area contributed by atoms with Crippen LogP contribution in [0.5, 0.6) is 0 Å². The third-order valence-electron chi connectivity index (χ3n) is 2.03. The lowest BCUT2D eigenvalue weighted by Crippen LogP contribution is -2.23. The molecule has 0 aliphatic carbocycles. The minimum Gasteiger partial charge on any atom is -0.386 e. The Bertz CT molecular complexity index is 127. The lowest BCUT2D eigenvalue weighted by atomic mass is 10.0. The molecule has 1 rings (SSSR count). The highest BCUT2D eigenvalue weighted by Gasteiger charge is 2.18. The van der Waals surface area contributed by atoms with E-state index in [0.29, 0.717) is 6.04 Å². The first-order valence-electron chi connectivity index (χ1n) is 3.69. The molecule has 1 N–H and O–H groups in total. The number of allylic oxidation sites excluding steroid dienone is 1. The van der Waals surface area contributed by atoms with E-state index in [4.69, 9.17) is 0 Å². The SMILES string of the molecule is CCC1C=C(C)N[C@@H]1C. The van der Waals surface area contributed by atoms with Gasteiger partial charge in [0.05, 0.1) is 0 Å². The van der Waals surface area contributed by atoms with E-state index in [0.717, 1.165) is 5.92 Å². The van der Waals surface area contributed by atoms with Crippen molar-refractivity contribution in [1.29, 1.82) is 0 Å². The van der Waals surface area contributed by atoms with Gasteiger partial charge >= 0.3 is 0 Å². The average Bonchev–Trinajstić information content (AvgIpc) is 2.10. The molecular formula is C8H15N. The quantitative estimate of drug-likeness (QED) is 0.564. The first-order chi connectivity index (χ1) is 4.24. The van der Waals surface area contributed by atoms with Crippen molar-refractivity contribution in [2.24, 2.45) is 5.92 Å². The molecule has 0 amide bonds. The fourth-order valence-corrected chi connectivity index (χ4v) is 1.45. The first kappa shape index (κ1) is 6.66. The van der Waals surface area contributed by atoms with Crippen LogP contribution in [0.1, 0.15) is 27.2 Å². The van der Waals surface area contributed by atoms with E-state index in [9.17, 15) is 0 Å². The van der Waals surface area contributed by atoms with Crippen molar-refractivity contribution in [1.82, 2.24) is 5.32 Å². The molecule has 2 atom stereocenters. The third-order valence-corrected chi connectivity index (χ3v) is 2.03. The molecule has 1 heteroatoms. The van der Waals surface area contributed by atoms with Crippen LogP contribution in [0, 0.1) is 5.92 Å². The van der Waals surface area contributed by atoms with Crippen LogP contribution in [0.4, 0.5) is 0 Å². The Morgan fingerprint density at radius 3 is 2.56 bits per heavy atom. The van der Waals surface area contributed by atoms with Gasteiger partial charge in [-0.15, -0.1) is 0 Å². The summed E-state index contributed by atoms with van der Waals surface area (Å²) in [5.41, 5.74) is 1.34. The fraction of sp³-hybridized carbons (Fsp3) is 0.750. The Morgan fingerprint density at radius 2 is 2.33 bits per heavy atom. The lowest BCUT2D eigenvalue weighted by molar-refractivity contribution is 0.500. The van der Waals surface area contributed by atoms with Gasteiger partial charge in [-0.1, -0.05) is 13.0 Å². The van der Waals surface area contributed by atoms with Crippen LogP contribution < -0.4 is 5.32 Å². The molecule has 0 bridgehead atoms. The molecule has 52 valence electrons. The largest absolute Gasteiger partial charge is 0.386 e. The van der Waals surface area contributed by atoms with E-state index in [-0.39, 0.29) is 0 Å². The van der Waals surface area contributed by atoms with Gasteiger partial charge in [-0.2, -0.15) is 0 Å². The maximum atomic E-state index is 3.38. The second-order valence-corrected chi connectivity index (χ2v) is 2.85. The van der Waals surface area contributed by atoms with Gasteiger partial charge < -0.3 is 5.32 Å². The van der Waals surface area contributed by atoms with Crippen molar-refractivity contribution in [2.75, 3.05) is 0 Å². The van der Waals surface area contributed by atoms with Crippen LogP contribution in [-0.2, 0) is 0 Å². The summed E-state index contributed by atoms with van der Waals surface area (Å²) in [6.07, 6.45) is 3.58. The molecule has 0 aromatic heterocycles. The molecule has 1 aliphatic rings. The Balaban J connectivity index is 2.53. The molecule has 0 saturated heterocycles. The second-order valence-electron chi connectivity index (χ2n) is 2.85. The summed E-state index contributed by atoms with van der Waals surface area (Å²) in [6, 6.07) is 0.662. The molecule has 0 spiro atoms. The van der Waals surface area contributed by atoms with Crippen molar-refractivity contribution in [2.45, 2.75) is 33.2 Å². The molecule has 0 saturated carbocycles. The van der Waals surface area contributed by atoms with Crippen molar-refractivity contribution in [3.05, 3.63) is 11.8 Å². The summed E-state index contributed by atoms with van der Waals surface area (Å²) in [7, 11) is 0. The van der Waals surface area contributed by atoms with Gasteiger partial charge in [0.2, 0.25) is 0 Å². The lowest BCUT2D eigenvalue weighted by Gasteiger charge is -2.11.